The maximum Gasteiger partial charge on any atom is 0.252 e. The summed E-state index contributed by atoms with van der Waals surface area (Å²) in [5.74, 6) is -0.129. The highest BCUT2D eigenvalue weighted by molar-refractivity contribution is 6.30. The van der Waals surface area contributed by atoms with Crippen LogP contribution >= 0.6 is 11.6 Å². The number of aromatic nitrogens is 3. The normalized spacial score (nSPS) is 12.6. The molecule has 0 radical (unpaired) electrons. The van der Waals surface area contributed by atoms with E-state index in [4.69, 9.17) is 11.6 Å². The molecule has 0 aliphatic heterocycles. The molecule has 7 heteroatoms. The molecule has 0 unspecified atom stereocenters. The minimum absolute atomic E-state index is 0.0149. The van der Waals surface area contributed by atoms with Crippen molar-refractivity contribution < 1.29 is 4.79 Å². The first-order chi connectivity index (χ1) is 12.8. The molecule has 3 rings (SSSR count). The Balaban J connectivity index is 1.88. The molecule has 3 aromatic rings. The summed E-state index contributed by atoms with van der Waals surface area (Å²) >= 11 is 6.13. The molecule has 27 heavy (non-hydrogen) atoms. The highest BCUT2D eigenvalue weighted by Gasteiger charge is 2.20. The van der Waals surface area contributed by atoms with Gasteiger partial charge >= 0.3 is 0 Å². The van der Waals surface area contributed by atoms with Gasteiger partial charge in [0.05, 0.1) is 22.7 Å². The topological polar surface area (TPSA) is 63.1 Å². The fourth-order valence-corrected chi connectivity index (χ4v) is 3.54. The zero-order valence-corrected chi connectivity index (χ0v) is 17.0. The van der Waals surface area contributed by atoms with E-state index < -0.39 is 0 Å². The summed E-state index contributed by atoms with van der Waals surface area (Å²) in [7, 11) is 5.81. The third-order valence-electron chi connectivity index (χ3n) is 4.65. The summed E-state index contributed by atoms with van der Waals surface area (Å²) in [4.78, 5) is 19.6. The Hall–Kier alpha value is -2.44. The third-order valence-corrected chi connectivity index (χ3v) is 4.89. The third kappa shape index (κ3) is 3.96. The van der Waals surface area contributed by atoms with Crippen LogP contribution in [0.3, 0.4) is 0 Å². The SMILES string of the molecule is Cc1cc(C(=O)NC[C@@H](c2cccc(Cl)c2)N(C)C)c2c(C)nn(C)c2n1. The highest BCUT2D eigenvalue weighted by Crippen LogP contribution is 2.23. The van der Waals surface area contributed by atoms with E-state index in [1.54, 1.807) is 4.68 Å². The van der Waals surface area contributed by atoms with Crippen LogP contribution in [0.1, 0.15) is 33.4 Å². The Bertz CT molecular complexity index is 995. The molecule has 2 aromatic heterocycles. The van der Waals surface area contributed by atoms with Gasteiger partial charge in [0.1, 0.15) is 0 Å². The van der Waals surface area contributed by atoms with Crippen molar-refractivity contribution in [3.63, 3.8) is 0 Å². The number of pyridine rings is 1. The summed E-state index contributed by atoms with van der Waals surface area (Å²) in [6.45, 7) is 4.24. The predicted molar refractivity (Wildman–Crippen MR) is 108 cm³/mol. The number of nitrogens with zero attached hydrogens (tertiary/aromatic N) is 4. The zero-order valence-electron chi connectivity index (χ0n) is 16.2. The molecule has 1 atom stereocenters. The van der Waals surface area contributed by atoms with E-state index in [0.29, 0.717) is 17.1 Å². The van der Waals surface area contributed by atoms with Gasteiger partial charge < -0.3 is 10.2 Å². The van der Waals surface area contributed by atoms with Crippen LogP contribution in [0.15, 0.2) is 30.3 Å². The average molecular weight is 386 g/mol. The second-order valence-electron chi connectivity index (χ2n) is 6.96. The van der Waals surface area contributed by atoms with E-state index in [1.807, 2.05) is 65.3 Å². The van der Waals surface area contributed by atoms with E-state index in [1.165, 1.54) is 0 Å². The van der Waals surface area contributed by atoms with Crippen LogP contribution in [0.25, 0.3) is 11.0 Å². The zero-order chi connectivity index (χ0) is 19.7. The van der Waals surface area contributed by atoms with Crippen molar-refractivity contribution in [2.45, 2.75) is 19.9 Å². The molecule has 0 aliphatic carbocycles. The fraction of sp³-hybridized carbons (Fsp3) is 0.350. The standard InChI is InChI=1S/C20H24ClN5O/c1-12-9-16(18-13(2)24-26(5)19(18)23-12)20(27)22-11-17(25(3)4)14-7-6-8-15(21)10-14/h6-10,17H,11H2,1-5H3,(H,22,27)/t17-/m0/s1. The average Bonchev–Trinajstić information content (AvgIpc) is 2.88. The van der Waals surface area contributed by atoms with Crippen molar-refractivity contribution in [2.24, 2.45) is 7.05 Å². The van der Waals surface area contributed by atoms with Crippen molar-refractivity contribution in [1.82, 2.24) is 25.0 Å². The minimum atomic E-state index is -0.129. The number of nitrogens with one attached hydrogen (secondary N) is 1. The number of benzene rings is 1. The first-order valence-electron chi connectivity index (χ1n) is 8.79. The van der Waals surface area contributed by atoms with Gasteiger partial charge in [0.15, 0.2) is 5.65 Å². The lowest BCUT2D eigenvalue weighted by Gasteiger charge is -2.25. The summed E-state index contributed by atoms with van der Waals surface area (Å²) in [6, 6.07) is 9.54. The molecule has 0 spiro atoms. The Morgan fingerprint density at radius 3 is 2.70 bits per heavy atom. The largest absolute Gasteiger partial charge is 0.350 e. The van der Waals surface area contributed by atoms with Crippen LogP contribution in [0.5, 0.6) is 0 Å². The smallest absolute Gasteiger partial charge is 0.252 e. The number of rotatable bonds is 5. The number of carbonyl (C=O) groups is 1. The first kappa shape index (κ1) is 19.3. The van der Waals surface area contributed by atoms with Gasteiger partial charge in [-0.1, -0.05) is 23.7 Å². The number of amides is 1. The quantitative estimate of drug-likeness (QED) is 0.732. The molecule has 142 valence electrons. The van der Waals surface area contributed by atoms with Crippen LogP contribution in [0.2, 0.25) is 5.02 Å². The van der Waals surface area contributed by atoms with Gasteiger partial charge in [-0.3, -0.25) is 9.48 Å². The van der Waals surface area contributed by atoms with Crippen LogP contribution < -0.4 is 5.32 Å². The van der Waals surface area contributed by atoms with Crippen LogP contribution in [0.4, 0.5) is 0 Å². The molecule has 0 fully saturated rings. The fourth-order valence-electron chi connectivity index (χ4n) is 3.35. The summed E-state index contributed by atoms with van der Waals surface area (Å²) < 4.78 is 1.71. The van der Waals surface area contributed by atoms with Gasteiger partial charge in [0, 0.05) is 24.3 Å². The van der Waals surface area contributed by atoms with Crippen molar-refractivity contribution in [3.8, 4) is 0 Å². The lowest BCUT2D eigenvalue weighted by molar-refractivity contribution is 0.0943. The number of hydrogen-bond donors (Lipinski definition) is 1. The monoisotopic (exact) mass is 385 g/mol. The molecule has 0 aliphatic rings. The second kappa shape index (κ2) is 7.66. The van der Waals surface area contributed by atoms with Crippen molar-refractivity contribution in [1.29, 1.82) is 0 Å². The van der Waals surface area contributed by atoms with Gasteiger partial charge in [-0.2, -0.15) is 5.10 Å². The van der Waals surface area contributed by atoms with Gasteiger partial charge in [-0.05, 0) is 51.7 Å². The number of hydrogen-bond acceptors (Lipinski definition) is 4. The maximum atomic E-state index is 13.0. The molecule has 0 bridgehead atoms. The van der Waals surface area contributed by atoms with Crippen LogP contribution in [-0.2, 0) is 7.05 Å². The number of likely N-dealkylation sites (N-methyl/N-ethyl adjacent to an activating group) is 1. The molecule has 0 saturated heterocycles. The predicted octanol–water partition coefficient (Wildman–Crippen LogP) is 3.27. The maximum absolute atomic E-state index is 13.0. The molecular formula is C20H24ClN5O. The highest BCUT2D eigenvalue weighted by atomic mass is 35.5. The molecule has 0 saturated carbocycles. The van der Waals surface area contributed by atoms with E-state index >= 15 is 0 Å². The lowest BCUT2D eigenvalue weighted by atomic mass is 10.1. The van der Waals surface area contributed by atoms with Crippen molar-refractivity contribution in [2.75, 3.05) is 20.6 Å². The van der Waals surface area contributed by atoms with E-state index in [0.717, 1.165) is 28.0 Å². The lowest BCUT2D eigenvalue weighted by Crippen LogP contribution is -2.34. The minimum Gasteiger partial charge on any atom is -0.350 e. The summed E-state index contributed by atoms with van der Waals surface area (Å²) in [5.41, 5.74) is 3.96. The Morgan fingerprint density at radius 2 is 2.04 bits per heavy atom. The number of halogens is 1. The molecule has 6 nitrogen and oxygen atoms in total. The van der Waals surface area contributed by atoms with E-state index in [9.17, 15) is 4.79 Å². The number of carbonyl (C=O) groups excluding carboxylic acids is 1. The number of aryl methyl sites for hydroxylation is 3. The van der Waals surface area contributed by atoms with Gasteiger partial charge in [0.2, 0.25) is 0 Å². The number of fused-ring (bicyclic) bond motifs is 1. The molecular weight excluding hydrogens is 362 g/mol. The second-order valence-corrected chi connectivity index (χ2v) is 7.40. The van der Waals surface area contributed by atoms with Crippen LogP contribution in [0, 0.1) is 13.8 Å². The summed E-state index contributed by atoms with van der Waals surface area (Å²) in [5, 5.41) is 8.95. The van der Waals surface area contributed by atoms with Crippen molar-refractivity contribution >= 4 is 28.5 Å². The van der Waals surface area contributed by atoms with Gasteiger partial charge in [0.25, 0.3) is 5.91 Å². The van der Waals surface area contributed by atoms with Gasteiger partial charge in [-0.25, -0.2) is 4.98 Å². The first-order valence-corrected chi connectivity index (χ1v) is 9.16. The molecule has 1 aromatic carbocycles. The Morgan fingerprint density at radius 1 is 1.30 bits per heavy atom. The molecule has 2 heterocycles. The van der Waals surface area contributed by atoms with Crippen molar-refractivity contribution in [3.05, 3.63) is 57.9 Å². The Kier molecular flexibility index (Phi) is 5.48. The Labute approximate surface area is 164 Å². The van der Waals surface area contributed by atoms with Crippen LogP contribution in [-0.4, -0.2) is 46.2 Å². The summed E-state index contributed by atoms with van der Waals surface area (Å²) in [6.07, 6.45) is 0. The molecule has 1 N–H and O–H groups in total. The van der Waals surface area contributed by atoms with Gasteiger partial charge in [-0.15, -0.1) is 0 Å². The van der Waals surface area contributed by atoms with E-state index in [-0.39, 0.29) is 11.9 Å². The molecule has 1 amide bonds. The van der Waals surface area contributed by atoms with E-state index in [2.05, 4.69) is 20.3 Å².